The lowest BCUT2D eigenvalue weighted by molar-refractivity contribution is -0.135. The van der Waals surface area contributed by atoms with Gasteiger partial charge >= 0.3 is 5.97 Å². The summed E-state index contributed by atoms with van der Waals surface area (Å²) in [6.07, 6.45) is 0. The molecular formula is C10H10F2N2O3. The predicted molar refractivity (Wildman–Crippen MR) is 55.5 cm³/mol. The van der Waals surface area contributed by atoms with E-state index in [9.17, 15) is 18.4 Å². The highest BCUT2D eigenvalue weighted by Crippen LogP contribution is 2.12. The minimum absolute atomic E-state index is 0.0235. The number of aliphatic carboxylic acids is 1. The van der Waals surface area contributed by atoms with Crippen molar-refractivity contribution in [2.75, 3.05) is 18.4 Å². The topological polar surface area (TPSA) is 78.4 Å². The van der Waals surface area contributed by atoms with Gasteiger partial charge in [-0.3, -0.25) is 14.9 Å². The fourth-order valence-electron chi connectivity index (χ4n) is 1.11. The predicted octanol–water partition coefficient (Wildman–Crippen LogP) is 0.577. The molecule has 0 fully saturated rings. The summed E-state index contributed by atoms with van der Waals surface area (Å²) in [6.45, 7) is -0.630. The Hall–Kier alpha value is -2.02. The number of rotatable bonds is 5. The molecule has 0 spiro atoms. The smallest absolute Gasteiger partial charge is 0.317 e. The lowest BCUT2D eigenvalue weighted by atomic mass is 10.3. The monoisotopic (exact) mass is 244 g/mol. The maximum absolute atomic E-state index is 12.8. The highest BCUT2D eigenvalue weighted by molar-refractivity contribution is 5.92. The molecular weight excluding hydrogens is 234 g/mol. The summed E-state index contributed by atoms with van der Waals surface area (Å²) in [5.41, 5.74) is -0.0235. The van der Waals surface area contributed by atoms with E-state index in [1.54, 1.807) is 0 Å². The molecule has 7 heteroatoms. The molecule has 1 aromatic rings. The second-order valence-electron chi connectivity index (χ2n) is 3.20. The number of nitrogens with one attached hydrogen (secondary N) is 2. The van der Waals surface area contributed by atoms with Crippen molar-refractivity contribution < 1.29 is 23.5 Å². The van der Waals surface area contributed by atoms with Crippen LogP contribution in [0, 0.1) is 11.6 Å². The summed E-state index contributed by atoms with van der Waals surface area (Å²) in [7, 11) is 0. The standard InChI is InChI=1S/C10H10F2N2O3/c11-6-1-7(12)3-8(2-6)14-9(15)4-13-5-10(16)17/h1-3,13H,4-5H2,(H,14,15)(H,16,17). The summed E-state index contributed by atoms with van der Waals surface area (Å²) in [5.74, 6) is -3.30. The van der Waals surface area contributed by atoms with Crippen molar-refractivity contribution in [3.63, 3.8) is 0 Å². The Morgan fingerprint density at radius 3 is 2.24 bits per heavy atom. The number of hydrogen-bond acceptors (Lipinski definition) is 3. The molecule has 0 aliphatic heterocycles. The SMILES string of the molecule is O=C(O)CNCC(=O)Nc1cc(F)cc(F)c1. The molecule has 0 unspecified atom stereocenters. The fraction of sp³-hybridized carbons (Fsp3) is 0.200. The van der Waals surface area contributed by atoms with Crippen LogP contribution in [0.15, 0.2) is 18.2 Å². The van der Waals surface area contributed by atoms with E-state index in [4.69, 9.17) is 5.11 Å². The van der Waals surface area contributed by atoms with Gasteiger partial charge in [-0.05, 0) is 12.1 Å². The van der Waals surface area contributed by atoms with Crippen LogP contribution in [-0.4, -0.2) is 30.1 Å². The quantitative estimate of drug-likeness (QED) is 0.707. The van der Waals surface area contributed by atoms with Gasteiger partial charge in [0.15, 0.2) is 0 Å². The minimum Gasteiger partial charge on any atom is -0.480 e. The van der Waals surface area contributed by atoms with Crippen LogP contribution < -0.4 is 10.6 Å². The van der Waals surface area contributed by atoms with Gasteiger partial charge in [0.05, 0.1) is 13.1 Å². The van der Waals surface area contributed by atoms with E-state index < -0.39 is 23.5 Å². The second kappa shape index (κ2) is 5.90. The second-order valence-corrected chi connectivity index (χ2v) is 3.20. The van der Waals surface area contributed by atoms with Crippen molar-refractivity contribution in [1.82, 2.24) is 5.32 Å². The minimum atomic E-state index is -1.10. The van der Waals surface area contributed by atoms with Gasteiger partial charge in [-0.15, -0.1) is 0 Å². The molecule has 5 nitrogen and oxygen atoms in total. The summed E-state index contributed by atoms with van der Waals surface area (Å²) in [5, 5.41) is 12.9. The molecule has 1 aromatic carbocycles. The zero-order chi connectivity index (χ0) is 12.8. The van der Waals surface area contributed by atoms with Gasteiger partial charge in [0.2, 0.25) is 5.91 Å². The van der Waals surface area contributed by atoms with E-state index in [0.29, 0.717) is 6.07 Å². The van der Waals surface area contributed by atoms with Crippen LogP contribution in [0.3, 0.4) is 0 Å². The Bertz CT molecular complexity index is 417. The van der Waals surface area contributed by atoms with Crippen molar-refractivity contribution in [3.05, 3.63) is 29.8 Å². The molecule has 0 heterocycles. The molecule has 0 aliphatic carbocycles. The lowest BCUT2D eigenvalue weighted by Gasteiger charge is -2.05. The number of carbonyl (C=O) groups excluding carboxylic acids is 1. The summed E-state index contributed by atoms with van der Waals surface area (Å²) >= 11 is 0. The molecule has 0 atom stereocenters. The number of benzene rings is 1. The van der Waals surface area contributed by atoms with Gasteiger partial charge in [0.25, 0.3) is 0 Å². The highest BCUT2D eigenvalue weighted by atomic mass is 19.1. The molecule has 0 bridgehead atoms. The molecule has 0 radical (unpaired) electrons. The molecule has 0 saturated heterocycles. The van der Waals surface area contributed by atoms with Crippen LogP contribution in [0.4, 0.5) is 14.5 Å². The van der Waals surface area contributed by atoms with Gasteiger partial charge in [0, 0.05) is 11.8 Å². The number of hydrogen-bond donors (Lipinski definition) is 3. The van der Waals surface area contributed by atoms with Crippen molar-refractivity contribution in [1.29, 1.82) is 0 Å². The third kappa shape index (κ3) is 5.03. The van der Waals surface area contributed by atoms with E-state index in [2.05, 4.69) is 10.6 Å². The third-order valence-electron chi connectivity index (χ3n) is 1.71. The van der Waals surface area contributed by atoms with Crippen LogP contribution in [0.2, 0.25) is 0 Å². The summed E-state index contributed by atoms with van der Waals surface area (Å²) < 4.78 is 25.5. The molecule has 1 amide bonds. The zero-order valence-electron chi connectivity index (χ0n) is 8.67. The van der Waals surface area contributed by atoms with Gasteiger partial charge in [0.1, 0.15) is 11.6 Å². The molecule has 0 saturated carbocycles. The van der Waals surface area contributed by atoms with E-state index in [0.717, 1.165) is 12.1 Å². The Morgan fingerprint density at radius 2 is 1.71 bits per heavy atom. The summed E-state index contributed by atoms with van der Waals surface area (Å²) in [4.78, 5) is 21.3. The number of carboxylic acid groups (broad SMARTS) is 1. The van der Waals surface area contributed by atoms with Gasteiger partial charge in [-0.25, -0.2) is 8.78 Å². The van der Waals surface area contributed by atoms with Gasteiger partial charge in [-0.1, -0.05) is 0 Å². The van der Waals surface area contributed by atoms with Crippen LogP contribution in [0.1, 0.15) is 0 Å². The molecule has 3 N–H and O–H groups in total. The highest BCUT2D eigenvalue weighted by Gasteiger charge is 2.05. The first kappa shape index (κ1) is 13.0. The van der Waals surface area contributed by atoms with E-state index in [1.165, 1.54) is 0 Å². The first-order chi connectivity index (χ1) is 7.97. The molecule has 92 valence electrons. The maximum Gasteiger partial charge on any atom is 0.317 e. The van der Waals surface area contributed by atoms with Crippen molar-refractivity contribution in [3.8, 4) is 0 Å². The molecule has 1 rings (SSSR count). The molecule has 0 aromatic heterocycles. The Kier molecular flexibility index (Phi) is 4.53. The number of amides is 1. The van der Waals surface area contributed by atoms with Crippen LogP contribution in [0.25, 0.3) is 0 Å². The lowest BCUT2D eigenvalue weighted by Crippen LogP contribution is -2.31. The molecule has 0 aliphatic rings. The van der Waals surface area contributed by atoms with Crippen LogP contribution in [0.5, 0.6) is 0 Å². The normalized spacial score (nSPS) is 10.0. The van der Waals surface area contributed by atoms with Gasteiger partial charge < -0.3 is 10.4 Å². The average Bonchev–Trinajstić information content (AvgIpc) is 2.14. The third-order valence-corrected chi connectivity index (χ3v) is 1.71. The Balaban J connectivity index is 2.47. The van der Waals surface area contributed by atoms with Crippen molar-refractivity contribution >= 4 is 17.6 Å². The first-order valence-electron chi connectivity index (χ1n) is 4.66. The van der Waals surface area contributed by atoms with Crippen LogP contribution >= 0.6 is 0 Å². The Morgan fingerprint density at radius 1 is 1.12 bits per heavy atom. The van der Waals surface area contributed by atoms with E-state index in [1.807, 2.05) is 0 Å². The zero-order valence-corrected chi connectivity index (χ0v) is 8.67. The largest absolute Gasteiger partial charge is 0.480 e. The maximum atomic E-state index is 12.8. The van der Waals surface area contributed by atoms with Crippen molar-refractivity contribution in [2.24, 2.45) is 0 Å². The van der Waals surface area contributed by atoms with E-state index in [-0.39, 0.29) is 18.8 Å². The first-order valence-corrected chi connectivity index (χ1v) is 4.66. The fourth-order valence-corrected chi connectivity index (χ4v) is 1.11. The number of halogens is 2. The van der Waals surface area contributed by atoms with Crippen molar-refractivity contribution in [2.45, 2.75) is 0 Å². The molecule has 17 heavy (non-hydrogen) atoms. The van der Waals surface area contributed by atoms with Gasteiger partial charge in [-0.2, -0.15) is 0 Å². The Labute approximate surface area is 95.4 Å². The van der Waals surface area contributed by atoms with Crippen LogP contribution in [-0.2, 0) is 9.59 Å². The number of anilines is 1. The average molecular weight is 244 g/mol. The number of carboxylic acids is 1. The number of carbonyl (C=O) groups is 2. The van der Waals surface area contributed by atoms with E-state index >= 15 is 0 Å². The summed E-state index contributed by atoms with van der Waals surface area (Å²) in [6, 6.07) is 2.59.